The van der Waals surface area contributed by atoms with Gasteiger partial charge in [-0.15, -0.1) is 0 Å². The molecule has 2 aromatic carbocycles. The Morgan fingerprint density at radius 1 is 0.935 bits per heavy atom. The van der Waals surface area contributed by atoms with E-state index >= 15 is 0 Å². The summed E-state index contributed by atoms with van der Waals surface area (Å²) in [6, 6.07) is 13.9. The third-order valence-corrected chi connectivity index (χ3v) is 6.24. The van der Waals surface area contributed by atoms with E-state index in [0.29, 0.717) is 23.3 Å². The molecule has 2 aromatic rings. The van der Waals surface area contributed by atoms with Crippen LogP contribution in [0.25, 0.3) is 5.70 Å². The number of ether oxygens (including phenoxy) is 2. The zero-order chi connectivity index (χ0) is 21.8. The monoisotopic (exact) mass is 462 g/mol. The van der Waals surface area contributed by atoms with E-state index in [1.165, 1.54) is 5.69 Å². The molecule has 2 heterocycles. The van der Waals surface area contributed by atoms with Gasteiger partial charge in [0.1, 0.15) is 6.10 Å². The molecule has 0 aliphatic carbocycles. The first kappa shape index (κ1) is 22.4. The number of anilines is 2. The third kappa shape index (κ3) is 5.02. The van der Waals surface area contributed by atoms with Crippen molar-refractivity contribution in [1.29, 1.82) is 0 Å². The van der Waals surface area contributed by atoms with E-state index in [-0.39, 0.29) is 12.4 Å². The molecule has 166 valence electrons. The van der Waals surface area contributed by atoms with E-state index < -0.39 is 0 Å². The van der Waals surface area contributed by atoms with E-state index in [0.717, 1.165) is 42.9 Å². The van der Waals surface area contributed by atoms with Crippen LogP contribution in [0.5, 0.6) is 0 Å². The van der Waals surface area contributed by atoms with Crippen molar-refractivity contribution in [2.75, 3.05) is 36.3 Å². The number of nitrogens with zero attached hydrogens (tertiary/aromatic N) is 2. The van der Waals surface area contributed by atoms with Crippen LogP contribution >= 0.6 is 23.2 Å². The highest BCUT2D eigenvalue weighted by Crippen LogP contribution is 2.40. The Kier molecular flexibility index (Phi) is 7.41. The minimum Gasteiger partial charge on any atom is -0.372 e. The second-order valence-electron chi connectivity index (χ2n) is 7.52. The van der Waals surface area contributed by atoms with Gasteiger partial charge in [-0.05, 0) is 62.7 Å². The lowest BCUT2D eigenvalue weighted by Gasteiger charge is -2.25. The van der Waals surface area contributed by atoms with Crippen LogP contribution < -0.4 is 9.96 Å². The Morgan fingerprint density at radius 2 is 1.58 bits per heavy atom. The second-order valence-corrected chi connectivity index (χ2v) is 8.34. The molecule has 0 saturated carbocycles. The molecule has 0 aromatic heterocycles. The lowest BCUT2D eigenvalue weighted by atomic mass is 10.1. The van der Waals surface area contributed by atoms with E-state index in [2.05, 4.69) is 49.1 Å². The molecule has 7 heteroatoms. The van der Waals surface area contributed by atoms with E-state index in [9.17, 15) is 0 Å². The van der Waals surface area contributed by atoms with Crippen LogP contribution in [0.15, 0.2) is 48.5 Å². The van der Waals surface area contributed by atoms with Gasteiger partial charge in [-0.25, -0.2) is 5.06 Å². The largest absolute Gasteiger partial charge is 0.372 e. The Morgan fingerprint density at radius 3 is 2.19 bits per heavy atom. The molecule has 2 aliphatic rings. The highest BCUT2D eigenvalue weighted by Gasteiger charge is 2.30. The van der Waals surface area contributed by atoms with Gasteiger partial charge in [-0.2, -0.15) is 0 Å². The first-order chi connectivity index (χ1) is 15.1. The van der Waals surface area contributed by atoms with Gasteiger partial charge in [0.05, 0.1) is 34.6 Å². The molecule has 0 amide bonds. The first-order valence-electron chi connectivity index (χ1n) is 10.8. The zero-order valence-corrected chi connectivity index (χ0v) is 19.4. The zero-order valence-electron chi connectivity index (χ0n) is 17.9. The van der Waals surface area contributed by atoms with Crippen molar-refractivity contribution < 1.29 is 14.3 Å². The van der Waals surface area contributed by atoms with Gasteiger partial charge in [0.15, 0.2) is 6.29 Å². The Bertz CT molecular complexity index is 889. The molecule has 5 nitrogen and oxygen atoms in total. The van der Waals surface area contributed by atoms with Gasteiger partial charge in [0.25, 0.3) is 0 Å². The number of rotatable bonds is 8. The van der Waals surface area contributed by atoms with Crippen molar-refractivity contribution in [2.45, 2.75) is 39.1 Å². The molecule has 4 rings (SSSR count). The first-order valence-corrected chi connectivity index (χ1v) is 11.6. The number of hydrogen-bond donors (Lipinski definition) is 0. The van der Waals surface area contributed by atoms with Crippen LogP contribution in [0.2, 0.25) is 10.0 Å². The maximum absolute atomic E-state index is 6.54. The lowest BCUT2D eigenvalue weighted by molar-refractivity contribution is -0.0545. The van der Waals surface area contributed by atoms with Gasteiger partial charge in [0.2, 0.25) is 0 Å². The number of benzene rings is 2. The van der Waals surface area contributed by atoms with Crippen LogP contribution in [0.4, 0.5) is 11.4 Å². The van der Waals surface area contributed by atoms with Crippen LogP contribution in [0.3, 0.4) is 0 Å². The number of halogens is 2. The summed E-state index contributed by atoms with van der Waals surface area (Å²) in [4.78, 5) is 8.64. The maximum Gasteiger partial charge on any atom is 0.157 e. The highest BCUT2D eigenvalue weighted by atomic mass is 35.5. The highest BCUT2D eigenvalue weighted by molar-refractivity contribution is 6.37. The molecular formula is C24H28Cl2N2O3. The second kappa shape index (κ2) is 10.2. The van der Waals surface area contributed by atoms with Gasteiger partial charge < -0.3 is 14.4 Å². The molecule has 0 radical (unpaired) electrons. The smallest absolute Gasteiger partial charge is 0.157 e. The van der Waals surface area contributed by atoms with Crippen molar-refractivity contribution in [2.24, 2.45) is 0 Å². The number of hydrogen-bond acceptors (Lipinski definition) is 5. The van der Waals surface area contributed by atoms with E-state index in [1.54, 1.807) is 0 Å². The van der Waals surface area contributed by atoms with Crippen molar-refractivity contribution in [3.63, 3.8) is 0 Å². The van der Waals surface area contributed by atoms with Crippen molar-refractivity contribution in [3.05, 3.63) is 64.1 Å². The summed E-state index contributed by atoms with van der Waals surface area (Å²) in [5.74, 6) is 0. The number of hydroxylamine groups is 1. The predicted molar refractivity (Wildman–Crippen MR) is 127 cm³/mol. The van der Waals surface area contributed by atoms with E-state index in [1.807, 2.05) is 23.3 Å². The third-order valence-electron chi connectivity index (χ3n) is 5.61. The standard InChI is InChI=1S/C24H28Cl2N2O3/c1-3-27(4-2)17-8-10-18(11-9-17)28-22(24-20(25)6-5-7-21(24)26)16-19(31-28)12-13-23-29-14-15-30-23/h5-11,16,19,23H,3-4,12-15H2,1-2H3. The molecule has 0 bridgehead atoms. The summed E-state index contributed by atoms with van der Waals surface area (Å²) in [6.07, 6.45) is 3.33. The maximum atomic E-state index is 6.54. The molecular weight excluding hydrogens is 435 g/mol. The van der Waals surface area contributed by atoms with Gasteiger partial charge >= 0.3 is 0 Å². The average molecular weight is 463 g/mol. The van der Waals surface area contributed by atoms with Crippen LogP contribution in [0, 0.1) is 0 Å². The Labute approximate surface area is 194 Å². The van der Waals surface area contributed by atoms with Crippen molar-refractivity contribution in [1.82, 2.24) is 0 Å². The van der Waals surface area contributed by atoms with Crippen LogP contribution in [-0.2, 0) is 14.3 Å². The SMILES string of the molecule is CCN(CC)c1ccc(N2OC(CCC3OCCO3)C=C2c2c(Cl)cccc2Cl)cc1. The average Bonchev–Trinajstić information content (AvgIpc) is 3.44. The topological polar surface area (TPSA) is 34.2 Å². The molecule has 1 unspecified atom stereocenters. The van der Waals surface area contributed by atoms with Gasteiger partial charge in [0, 0.05) is 30.8 Å². The predicted octanol–water partition coefficient (Wildman–Crippen LogP) is 6.15. The molecule has 1 fully saturated rings. The molecule has 1 saturated heterocycles. The minimum absolute atomic E-state index is 0.127. The van der Waals surface area contributed by atoms with Gasteiger partial charge in [-0.3, -0.25) is 4.84 Å². The summed E-state index contributed by atoms with van der Waals surface area (Å²) >= 11 is 13.1. The summed E-state index contributed by atoms with van der Waals surface area (Å²) < 4.78 is 11.1. The molecule has 0 spiro atoms. The fourth-order valence-corrected chi connectivity index (χ4v) is 4.58. The van der Waals surface area contributed by atoms with Gasteiger partial charge in [-0.1, -0.05) is 29.3 Å². The minimum atomic E-state index is -0.160. The molecule has 0 N–H and O–H groups in total. The van der Waals surface area contributed by atoms with Crippen LogP contribution in [-0.4, -0.2) is 38.7 Å². The normalized spacial score (nSPS) is 19.2. The summed E-state index contributed by atoms with van der Waals surface area (Å²) in [5, 5.41) is 3.02. The van der Waals surface area contributed by atoms with Crippen LogP contribution in [0.1, 0.15) is 32.3 Å². The fraction of sp³-hybridized carbons (Fsp3) is 0.417. The molecule has 31 heavy (non-hydrogen) atoms. The summed E-state index contributed by atoms with van der Waals surface area (Å²) in [7, 11) is 0. The van der Waals surface area contributed by atoms with E-state index in [4.69, 9.17) is 37.5 Å². The molecule has 1 atom stereocenters. The summed E-state index contributed by atoms with van der Waals surface area (Å²) in [5.41, 5.74) is 3.73. The fourth-order valence-electron chi connectivity index (χ4n) is 3.99. The summed E-state index contributed by atoms with van der Waals surface area (Å²) in [6.45, 7) is 7.54. The Balaban J connectivity index is 1.60. The van der Waals surface area contributed by atoms with Crippen molar-refractivity contribution >= 4 is 40.3 Å². The molecule has 2 aliphatic heterocycles. The lowest BCUT2D eigenvalue weighted by Crippen LogP contribution is -2.23. The quantitative estimate of drug-likeness (QED) is 0.469. The van der Waals surface area contributed by atoms with Crippen molar-refractivity contribution in [3.8, 4) is 0 Å². The Hall–Kier alpha value is -1.76.